The zero-order valence-corrected chi connectivity index (χ0v) is 18.3. The molecule has 1 aliphatic heterocycles. The quantitative estimate of drug-likeness (QED) is 0.507. The van der Waals surface area contributed by atoms with E-state index in [9.17, 15) is 4.79 Å². The van der Waals surface area contributed by atoms with Gasteiger partial charge in [0.05, 0.1) is 16.8 Å². The number of hydrogen-bond acceptors (Lipinski definition) is 3. The standard InChI is InChI=1S/C22H25Cl2N3O/c1-13-8-20-18(14(2)11-22(3,4)27(20)5)9-15(13)12-25-26-21(28)17-7-6-16(23)10-19(17)24/h6-10,12,14H,11H2,1-5H3,(H,26,28)/b25-12-/t14-/m1/s1. The molecule has 1 atom stereocenters. The summed E-state index contributed by atoms with van der Waals surface area (Å²) in [5.74, 6) is 0.0831. The van der Waals surface area contributed by atoms with Crippen molar-refractivity contribution in [1.82, 2.24) is 5.43 Å². The molecular weight excluding hydrogens is 393 g/mol. The molecule has 2 aromatic carbocycles. The summed E-state index contributed by atoms with van der Waals surface area (Å²) in [6, 6.07) is 9.12. The molecule has 4 nitrogen and oxygen atoms in total. The van der Waals surface area contributed by atoms with Crippen molar-refractivity contribution in [2.24, 2.45) is 5.10 Å². The second-order valence-electron chi connectivity index (χ2n) is 8.07. The lowest BCUT2D eigenvalue weighted by Gasteiger charge is -2.45. The van der Waals surface area contributed by atoms with Gasteiger partial charge < -0.3 is 4.90 Å². The van der Waals surface area contributed by atoms with E-state index < -0.39 is 0 Å². The summed E-state index contributed by atoms with van der Waals surface area (Å²) in [6.07, 6.45) is 2.77. The molecule has 148 valence electrons. The summed E-state index contributed by atoms with van der Waals surface area (Å²) < 4.78 is 0. The van der Waals surface area contributed by atoms with Gasteiger partial charge in [0.2, 0.25) is 0 Å². The zero-order chi connectivity index (χ0) is 20.6. The van der Waals surface area contributed by atoms with Gasteiger partial charge in [-0.05, 0) is 80.1 Å². The Hall–Kier alpha value is -2.04. The molecule has 0 radical (unpaired) electrons. The van der Waals surface area contributed by atoms with Crippen LogP contribution in [0.25, 0.3) is 0 Å². The van der Waals surface area contributed by atoms with Gasteiger partial charge in [-0.15, -0.1) is 0 Å². The van der Waals surface area contributed by atoms with E-state index in [1.54, 1.807) is 18.3 Å². The van der Waals surface area contributed by atoms with Gasteiger partial charge in [0.1, 0.15) is 0 Å². The van der Waals surface area contributed by atoms with Gasteiger partial charge in [0.25, 0.3) is 5.91 Å². The van der Waals surface area contributed by atoms with Gasteiger partial charge in [0, 0.05) is 23.3 Å². The van der Waals surface area contributed by atoms with E-state index in [1.807, 2.05) is 0 Å². The minimum absolute atomic E-state index is 0.125. The molecule has 0 saturated heterocycles. The summed E-state index contributed by atoms with van der Waals surface area (Å²) in [7, 11) is 2.15. The van der Waals surface area contributed by atoms with Gasteiger partial charge >= 0.3 is 0 Å². The van der Waals surface area contributed by atoms with E-state index in [2.05, 4.69) is 62.3 Å². The largest absolute Gasteiger partial charge is 0.369 e. The highest BCUT2D eigenvalue weighted by Crippen LogP contribution is 2.43. The number of hydrogen-bond donors (Lipinski definition) is 1. The number of halogens is 2. The van der Waals surface area contributed by atoms with Gasteiger partial charge in [-0.25, -0.2) is 5.43 Å². The van der Waals surface area contributed by atoms with Gasteiger partial charge in [0.15, 0.2) is 0 Å². The molecule has 2 aromatic rings. The van der Waals surface area contributed by atoms with Crippen LogP contribution in [0.3, 0.4) is 0 Å². The SMILES string of the molecule is Cc1cc2c(cc1/C=N\NC(=O)c1ccc(Cl)cc1Cl)[C@H](C)CC(C)(C)N2C. The topological polar surface area (TPSA) is 44.7 Å². The number of carbonyl (C=O) groups is 1. The fourth-order valence-corrected chi connectivity index (χ4v) is 4.26. The van der Waals surface area contributed by atoms with Crippen molar-refractivity contribution in [3.63, 3.8) is 0 Å². The number of nitrogens with zero attached hydrogens (tertiary/aromatic N) is 2. The van der Waals surface area contributed by atoms with Crippen LogP contribution in [0, 0.1) is 6.92 Å². The number of anilines is 1. The molecule has 0 fully saturated rings. The van der Waals surface area contributed by atoms with Gasteiger partial charge in [-0.1, -0.05) is 30.1 Å². The minimum Gasteiger partial charge on any atom is -0.369 e. The van der Waals surface area contributed by atoms with E-state index in [1.165, 1.54) is 17.3 Å². The van der Waals surface area contributed by atoms with Crippen LogP contribution in [0.4, 0.5) is 5.69 Å². The molecule has 3 rings (SSSR count). The summed E-state index contributed by atoms with van der Waals surface area (Å²) in [6.45, 7) is 8.86. The Labute approximate surface area is 176 Å². The Morgan fingerprint density at radius 3 is 2.68 bits per heavy atom. The molecule has 1 heterocycles. The molecule has 0 unspecified atom stereocenters. The van der Waals surface area contributed by atoms with E-state index in [0.29, 0.717) is 21.5 Å². The highest BCUT2D eigenvalue weighted by atomic mass is 35.5. The molecule has 1 amide bonds. The van der Waals surface area contributed by atoms with E-state index in [-0.39, 0.29) is 11.4 Å². The average Bonchev–Trinajstić information content (AvgIpc) is 2.60. The first-order chi connectivity index (χ1) is 13.1. The van der Waals surface area contributed by atoms with Crippen molar-refractivity contribution in [2.75, 3.05) is 11.9 Å². The van der Waals surface area contributed by atoms with Crippen LogP contribution in [-0.4, -0.2) is 24.7 Å². The number of aryl methyl sites for hydroxylation is 1. The maximum Gasteiger partial charge on any atom is 0.272 e. The highest BCUT2D eigenvalue weighted by molar-refractivity contribution is 6.36. The van der Waals surface area contributed by atoms with Crippen LogP contribution < -0.4 is 10.3 Å². The lowest BCUT2D eigenvalue weighted by molar-refractivity contribution is 0.0955. The Kier molecular flexibility index (Phi) is 5.74. The third-order valence-corrected chi connectivity index (χ3v) is 6.11. The fraction of sp³-hybridized carbons (Fsp3) is 0.364. The minimum atomic E-state index is -0.372. The Morgan fingerprint density at radius 2 is 2.00 bits per heavy atom. The molecule has 0 bridgehead atoms. The highest BCUT2D eigenvalue weighted by Gasteiger charge is 2.34. The normalized spacial score (nSPS) is 18.2. The second-order valence-corrected chi connectivity index (χ2v) is 8.91. The van der Waals surface area contributed by atoms with Crippen LogP contribution in [0.2, 0.25) is 10.0 Å². The first-order valence-corrected chi connectivity index (χ1v) is 10.0. The van der Waals surface area contributed by atoms with Crippen LogP contribution in [0.15, 0.2) is 35.4 Å². The predicted octanol–water partition coefficient (Wildman–Crippen LogP) is 5.79. The second kappa shape index (κ2) is 7.76. The summed E-state index contributed by atoms with van der Waals surface area (Å²) in [5.41, 5.74) is 7.66. The van der Waals surface area contributed by atoms with E-state index >= 15 is 0 Å². The van der Waals surface area contributed by atoms with Crippen LogP contribution in [-0.2, 0) is 0 Å². The van der Waals surface area contributed by atoms with Gasteiger partial charge in [-0.2, -0.15) is 5.10 Å². The molecule has 6 heteroatoms. The molecule has 0 aromatic heterocycles. The van der Waals surface area contributed by atoms with Crippen molar-refractivity contribution in [3.05, 3.63) is 62.6 Å². The number of nitrogens with one attached hydrogen (secondary N) is 1. The van der Waals surface area contributed by atoms with Crippen LogP contribution in [0.5, 0.6) is 0 Å². The van der Waals surface area contributed by atoms with Crippen LogP contribution in [0.1, 0.15) is 60.2 Å². The molecule has 0 spiro atoms. The first kappa shape index (κ1) is 20.7. The smallest absolute Gasteiger partial charge is 0.272 e. The number of benzene rings is 2. The molecule has 0 aliphatic carbocycles. The molecule has 1 N–H and O–H groups in total. The maximum atomic E-state index is 12.3. The number of amides is 1. The number of carbonyl (C=O) groups excluding carboxylic acids is 1. The Balaban J connectivity index is 1.81. The van der Waals surface area contributed by atoms with Gasteiger partial charge in [-0.3, -0.25) is 4.79 Å². The third kappa shape index (κ3) is 4.03. The predicted molar refractivity (Wildman–Crippen MR) is 118 cm³/mol. The summed E-state index contributed by atoms with van der Waals surface area (Å²) in [5, 5.41) is 4.91. The lowest BCUT2D eigenvalue weighted by atomic mass is 9.79. The molecule has 0 saturated carbocycles. The third-order valence-electron chi connectivity index (χ3n) is 5.57. The fourth-order valence-electron chi connectivity index (χ4n) is 3.77. The van der Waals surface area contributed by atoms with Crippen molar-refractivity contribution < 1.29 is 4.79 Å². The maximum absolute atomic E-state index is 12.3. The monoisotopic (exact) mass is 417 g/mol. The Morgan fingerprint density at radius 1 is 1.29 bits per heavy atom. The Bertz CT molecular complexity index is 953. The lowest BCUT2D eigenvalue weighted by Crippen LogP contribution is -2.45. The van der Waals surface area contributed by atoms with Crippen molar-refractivity contribution >= 4 is 41.0 Å². The van der Waals surface area contributed by atoms with Crippen molar-refractivity contribution in [3.8, 4) is 0 Å². The van der Waals surface area contributed by atoms with E-state index in [0.717, 1.165) is 17.5 Å². The van der Waals surface area contributed by atoms with Crippen molar-refractivity contribution in [1.29, 1.82) is 0 Å². The summed E-state index contributed by atoms with van der Waals surface area (Å²) in [4.78, 5) is 14.6. The average molecular weight is 418 g/mol. The van der Waals surface area contributed by atoms with E-state index in [4.69, 9.17) is 23.2 Å². The molecule has 28 heavy (non-hydrogen) atoms. The number of hydrazone groups is 1. The summed E-state index contributed by atoms with van der Waals surface area (Å²) >= 11 is 11.9. The first-order valence-electron chi connectivity index (χ1n) is 9.27. The number of fused-ring (bicyclic) bond motifs is 1. The van der Waals surface area contributed by atoms with Crippen molar-refractivity contribution in [2.45, 2.75) is 45.6 Å². The zero-order valence-electron chi connectivity index (χ0n) is 16.8. The van der Waals surface area contributed by atoms with Crippen LogP contribution >= 0.6 is 23.2 Å². The molecular formula is C22H25Cl2N3O. The molecule has 1 aliphatic rings. The number of rotatable bonds is 3.